The van der Waals surface area contributed by atoms with Crippen molar-refractivity contribution in [1.29, 1.82) is 0 Å². The van der Waals surface area contributed by atoms with Gasteiger partial charge in [0.25, 0.3) is 0 Å². The first-order valence-corrected chi connectivity index (χ1v) is 30.3. The van der Waals surface area contributed by atoms with Crippen molar-refractivity contribution in [3.8, 4) is 0 Å². The molecule has 0 unspecified atom stereocenters. The molecular weight excluding hydrogens is 1160 g/mol. The van der Waals surface area contributed by atoms with E-state index >= 15 is 0 Å². The van der Waals surface area contributed by atoms with Crippen LogP contribution in [0.4, 0.5) is 50.4 Å². The fourth-order valence-corrected chi connectivity index (χ4v) is 16.4. The Kier molecular flexibility index (Phi) is 20.5. The average Bonchev–Trinajstić information content (AvgIpc) is 3.32. The van der Waals surface area contributed by atoms with Gasteiger partial charge in [-0.3, -0.25) is 39.9 Å². The van der Waals surface area contributed by atoms with Crippen LogP contribution in [0.2, 0.25) is 0 Å². The molecule has 0 spiro atoms. The maximum atomic E-state index is 9.87. The minimum atomic E-state index is -10.7. The Labute approximate surface area is 419 Å². The Bertz CT molecular complexity index is 2230. The summed E-state index contributed by atoms with van der Waals surface area (Å²) < 4.78 is 118. The van der Waals surface area contributed by atoms with E-state index in [9.17, 15) is 50.4 Å². The molecule has 0 aliphatic heterocycles. The predicted molar refractivity (Wildman–Crippen MR) is 265 cm³/mol. The second-order valence-electron chi connectivity index (χ2n) is 14.2. The largest absolute Gasteiger partial charge is 2.00 e. The Morgan fingerprint density at radius 1 is 0.254 bits per heavy atom. The van der Waals surface area contributed by atoms with Crippen LogP contribution < -0.4 is 42.4 Å². The first-order chi connectivity index (χ1) is 32.7. The Hall–Kier alpha value is -4.40. The summed E-state index contributed by atoms with van der Waals surface area (Å²) in [6, 6.07) is 33.6. The number of hydrogen-bond donors (Lipinski definition) is 0. The molecule has 8 rings (SSSR count). The summed E-state index contributed by atoms with van der Waals surface area (Å²) >= 11 is 0. The van der Waals surface area contributed by atoms with Crippen LogP contribution in [0.1, 0.15) is 0 Å². The van der Waals surface area contributed by atoms with Gasteiger partial charge in [0.2, 0.25) is 0 Å². The molecule has 0 saturated carbocycles. The van der Waals surface area contributed by atoms with Gasteiger partial charge in [-0.25, -0.2) is 0 Å². The quantitative estimate of drug-likeness (QED) is 0.0603. The van der Waals surface area contributed by atoms with Gasteiger partial charge in [0.1, 0.15) is 0 Å². The third kappa shape index (κ3) is 25.7. The average molecular weight is 1200 g/mol. The molecule has 0 aliphatic rings. The molecule has 0 aliphatic carbocycles. The topological polar surface area (TPSA) is 103 Å². The fraction of sp³-hybridized carbons (Fsp3) is 0.0909. The summed E-state index contributed by atoms with van der Waals surface area (Å²) in [5.74, 6) is 0. The van der Waals surface area contributed by atoms with Crippen LogP contribution >= 0.6 is 47.3 Å². The van der Waals surface area contributed by atoms with E-state index in [1.807, 2.05) is 148 Å². The Balaban J connectivity index is 0.000000241. The molecule has 0 amide bonds. The molecule has 8 nitrogen and oxygen atoms in total. The standard InChI is InChI=1S/2C22H20N4P2.2F6P.Pd/c2*1-5-19(15-23-9-1)27(20-6-2-10-24-16-20)13-14-28(21-7-3-11-25-17-21)22-8-4-12-26-18-22;2*1-7(2,3,4,5)6;/h2*1-12,15-18H,13-14H2;;;/q;;2*-1;+2. The van der Waals surface area contributed by atoms with Crippen LogP contribution in [-0.2, 0) is 20.4 Å². The summed E-state index contributed by atoms with van der Waals surface area (Å²) in [5, 5.41) is 10.3. The van der Waals surface area contributed by atoms with Crippen molar-refractivity contribution in [3.63, 3.8) is 0 Å². The van der Waals surface area contributed by atoms with Crippen molar-refractivity contribution in [2.45, 2.75) is 0 Å². The van der Waals surface area contributed by atoms with Crippen molar-refractivity contribution in [2.75, 3.05) is 24.6 Å². The molecule has 71 heavy (non-hydrogen) atoms. The van der Waals surface area contributed by atoms with Gasteiger partial charge in [0.05, 0.1) is 0 Å². The minimum Gasteiger partial charge on any atom is -0.264 e. The maximum absolute atomic E-state index is 10.7. The molecule has 27 heteroatoms. The molecule has 8 aromatic heterocycles. The molecule has 8 aromatic rings. The molecule has 0 radical (unpaired) electrons. The van der Waals surface area contributed by atoms with Crippen LogP contribution in [0.5, 0.6) is 0 Å². The molecule has 0 N–H and O–H groups in total. The normalized spacial score (nSPS) is 13.3. The van der Waals surface area contributed by atoms with E-state index in [1.165, 1.54) is 42.4 Å². The maximum Gasteiger partial charge on any atom is 2.00 e. The van der Waals surface area contributed by atoms with Crippen LogP contribution in [0.25, 0.3) is 0 Å². The second kappa shape index (κ2) is 24.6. The van der Waals surface area contributed by atoms with Gasteiger partial charge in [0, 0.05) is 99.1 Å². The van der Waals surface area contributed by atoms with Gasteiger partial charge in [0.15, 0.2) is 0 Å². The van der Waals surface area contributed by atoms with Crippen molar-refractivity contribution < 1.29 is 70.8 Å². The summed E-state index contributed by atoms with van der Waals surface area (Å²) in [4.78, 5) is 34.8. The predicted octanol–water partition coefficient (Wildman–Crippen LogP) is 12.4. The van der Waals surface area contributed by atoms with Crippen LogP contribution in [0.3, 0.4) is 0 Å². The molecular formula is C44H40F12N8P6Pd. The van der Waals surface area contributed by atoms with E-state index in [4.69, 9.17) is 0 Å². The summed E-state index contributed by atoms with van der Waals surface area (Å²) in [5.41, 5.74) is 0. The third-order valence-corrected chi connectivity index (χ3v) is 19.2. The number of hydrogen-bond acceptors (Lipinski definition) is 8. The van der Waals surface area contributed by atoms with E-state index in [0.29, 0.717) is 0 Å². The SMILES string of the molecule is F[P-](F)(F)(F)(F)F.F[P-](F)(F)(F)(F)F.[Pd+2].c1cncc(P(CCP(c2cccnc2)c2cccnc2)c2cccnc2)c1.c1cncc(P(CCP(c2cccnc2)c2cccnc2)c2cccnc2)c1. The molecule has 0 saturated heterocycles. The molecule has 380 valence electrons. The van der Waals surface area contributed by atoms with Crippen LogP contribution in [0, 0.1) is 0 Å². The van der Waals surface area contributed by atoms with Crippen molar-refractivity contribution in [3.05, 3.63) is 196 Å². The van der Waals surface area contributed by atoms with Gasteiger partial charge in [-0.1, -0.05) is 48.5 Å². The number of aromatic nitrogens is 8. The minimum absolute atomic E-state index is 0. The zero-order chi connectivity index (χ0) is 50.9. The zero-order valence-corrected chi connectivity index (χ0v) is 43.3. The van der Waals surface area contributed by atoms with E-state index in [0.717, 1.165) is 24.6 Å². The van der Waals surface area contributed by atoms with Gasteiger partial charge >= 0.3 is 86.4 Å². The van der Waals surface area contributed by atoms with Crippen molar-refractivity contribution in [1.82, 2.24) is 39.9 Å². The smallest absolute Gasteiger partial charge is 0.264 e. The van der Waals surface area contributed by atoms with Crippen molar-refractivity contribution >= 4 is 89.7 Å². The van der Waals surface area contributed by atoms with Crippen LogP contribution in [0.15, 0.2) is 196 Å². The Morgan fingerprint density at radius 3 is 0.451 bits per heavy atom. The van der Waals surface area contributed by atoms with Gasteiger partial charge < -0.3 is 0 Å². The summed E-state index contributed by atoms with van der Waals surface area (Å²) in [7, 11) is -23.4. The number of halogens is 12. The van der Waals surface area contributed by atoms with E-state index in [-0.39, 0.29) is 20.4 Å². The molecule has 0 fully saturated rings. The molecule has 0 atom stereocenters. The van der Waals surface area contributed by atoms with Crippen LogP contribution in [-0.4, -0.2) is 64.5 Å². The number of pyridine rings is 8. The second-order valence-corrected chi connectivity index (χ2v) is 27.4. The first-order valence-electron chi connectivity index (χ1n) is 20.2. The number of rotatable bonds is 14. The molecule has 0 bridgehead atoms. The zero-order valence-electron chi connectivity index (χ0n) is 36.4. The molecule has 0 aromatic carbocycles. The van der Waals surface area contributed by atoms with E-state index < -0.39 is 47.3 Å². The van der Waals surface area contributed by atoms with Gasteiger partial charge in [-0.05, 0) is 147 Å². The number of nitrogens with zero attached hydrogens (tertiary/aromatic N) is 8. The monoisotopic (exact) mass is 1200 g/mol. The first kappa shape index (κ1) is 59.2. The van der Waals surface area contributed by atoms with Gasteiger partial charge in [-0.2, -0.15) is 0 Å². The van der Waals surface area contributed by atoms with E-state index in [1.54, 1.807) is 0 Å². The summed E-state index contributed by atoms with van der Waals surface area (Å²) in [6.07, 6.45) is 34.9. The Morgan fingerprint density at radius 2 is 0.366 bits per heavy atom. The fourth-order valence-electron chi connectivity index (χ4n) is 6.14. The van der Waals surface area contributed by atoms with Crippen molar-refractivity contribution in [2.24, 2.45) is 0 Å². The molecule has 8 heterocycles. The summed E-state index contributed by atoms with van der Waals surface area (Å²) in [6.45, 7) is 0. The van der Waals surface area contributed by atoms with Gasteiger partial charge in [-0.15, -0.1) is 0 Å². The van der Waals surface area contributed by atoms with E-state index in [2.05, 4.69) is 88.4 Å². The third-order valence-electron chi connectivity index (χ3n) is 8.76.